The van der Waals surface area contributed by atoms with Crippen LogP contribution in [0.25, 0.3) is 0 Å². The minimum Gasteiger partial charge on any atom is -0.337 e. The summed E-state index contributed by atoms with van der Waals surface area (Å²) in [6, 6.07) is 3.42. The van der Waals surface area contributed by atoms with Gasteiger partial charge in [0.15, 0.2) is 0 Å². The fraction of sp³-hybridized carbons (Fsp3) is 0.611. The molecule has 0 aliphatic carbocycles. The van der Waals surface area contributed by atoms with Crippen LogP contribution in [0.2, 0.25) is 0 Å². The van der Waals surface area contributed by atoms with Gasteiger partial charge in [-0.05, 0) is 12.5 Å². The molecule has 0 fully saturated rings. The van der Waals surface area contributed by atoms with Crippen LogP contribution in [0.1, 0.15) is 57.4 Å². The van der Waals surface area contributed by atoms with Crippen molar-refractivity contribution in [1.82, 2.24) is 4.90 Å². The van der Waals surface area contributed by atoms with Gasteiger partial charge >= 0.3 is 0 Å². The third-order valence-corrected chi connectivity index (χ3v) is 4.10. The Kier molecular flexibility index (Phi) is 9.85. The predicted octanol–water partition coefficient (Wildman–Crippen LogP) is 5.28. The highest BCUT2D eigenvalue weighted by Crippen LogP contribution is 2.14. The van der Waals surface area contributed by atoms with Crippen molar-refractivity contribution >= 4 is 17.5 Å². The lowest BCUT2D eigenvalue weighted by molar-refractivity contribution is -0.129. The third-order valence-electron chi connectivity index (χ3n) is 3.87. The number of hydrogen-bond donors (Lipinski definition) is 0. The summed E-state index contributed by atoms with van der Waals surface area (Å²) in [5.74, 6) is -1.59. The van der Waals surface area contributed by atoms with Crippen molar-refractivity contribution in [2.45, 2.75) is 58.4 Å². The molecule has 0 atom stereocenters. The lowest BCUT2D eigenvalue weighted by Crippen LogP contribution is -2.32. The van der Waals surface area contributed by atoms with Gasteiger partial charge in [-0.1, -0.05) is 51.5 Å². The topological polar surface area (TPSA) is 20.3 Å². The number of hydrogen-bond acceptors (Lipinski definition) is 1. The summed E-state index contributed by atoms with van der Waals surface area (Å²) in [5, 5.41) is 0. The van der Waals surface area contributed by atoms with Gasteiger partial charge in [0.2, 0.25) is 5.91 Å². The first kappa shape index (κ1) is 19.9. The summed E-state index contributed by atoms with van der Waals surface area (Å²) in [6.07, 6.45) is 8.01. The second-order valence-electron chi connectivity index (χ2n) is 5.81. The molecule has 0 spiro atoms. The van der Waals surface area contributed by atoms with Gasteiger partial charge in [-0.15, -0.1) is 11.6 Å². The number of carbonyl (C=O) groups excluding carboxylic acids is 1. The van der Waals surface area contributed by atoms with Crippen LogP contribution in [0.5, 0.6) is 0 Å². The number of nitrogens with zero attached hydrogens (tertiary/aromatic N) is 1. The molecule has 23 heavy (non-hydrogen) atoms. The van der Waals surface area contributed by atoms with Crippen molar-refractivity contribution in [3.8, 4) is 0 Å². The van der Waals surface area contributed by atoms with Crippen molar-refractivity contribution in [3.05, 3.63) is 35.4 Å². The molecule has 0 aliphatic rings. The van der Waals surface area contributed by atoms with E-state index in [1.165, 1.54) is 37.8 Å². The monoisotopic (exact) mass is 345 g/mol. The molecular formula is C18H26ClF2NO. The molecule has 0 saturated heterocycles. The Labute approximate surface area is 142 Å². The summed E-state index contributed by atoms with van der Waals surface area (Å²) in [6.45, 7) is 2.87. The van der Waals surface area contributed by atoms with Gasteiger partial charge < -0.3 is 4.90 Å². The van der Waals surface area contributed by atoms with Crippen LogP contribution in [0, 0.1) is 11.6 Å². The number of carbonyl (C=O) groups is 1. The van der Waals surface area contributed by atoms with Crippen LogP contribution in [-0.4, -0.2) is 23.2 Å². The van der Waals surface area contributed by atoms with Gasteiger partial charge in [-0.25, -0.2) is 8.78 Å². The molecule has 1 aromatic carbocycles. The van der Waals surface area contributed by atoms with Gasteiger partial charge in [0.1, 0.15) is 17.5 Å². The summed E-state index contributed by atoms with van der Waals surface area (Å²) in [4.78, 5) is 13.4. The highest BCUT2D eigenvalue weighted by molar-refractivity contribution is 6.27. The van der Waals surface area contributed by atoms with Gasteiger partial charge in [-0.2, -0.15) is 0 Å². The first-order valence-corrected chi connectivity index (χ1v) is 8.89. The van der Waals surface area contributed by atoms with Gasteiger partial charge in [0.25, 0.3) is 0 Å². The summed E-state index contributed by atoms with van der Waals surface area (Å²) in [7, 11) is 0. The second kappa shape index (κ2) is 11.4. The van der Waals surface area contributed by atoms with Crippen LogP contribution in [-0.2, 0) is 11.3 Å². The maximum absolute atomic E-state index is 13.7. The summed E-state index contributed by atoms with van der Waals surface area (Å²) in [5.41, 5.74) is 0.313. The van der Waals surface area contributed by atoms with Gasteiger partial charge in [0.05, 0.1) is 0 Å². The number of alkyl halides is 1. The van der Waals surface area contributed by atoms with Crippen LogP contribution in [0.15, 0.2) is 18.2 Å². The summed E-state index contributed by atoms with van der Waals surface area (Å²) < 4.78 is 26.7. The minimum absolute atomic E-state index is 0.126. The van der Waals surface area contributed by atoms with Crippen LogP contribution in [0.3, 0.4) is 0 Å². The van der Waals surface area contributed by atoms with Crippen LogP contribution >= 0.6 is 11.6 Å². The highest BCUT2D eigenvalue weighted by atomic mass is 35.5. The Morgan fingerprint density at radius 2 is 1.74 bits per heavy atom. The second-order valence-corrected chi connectivity index (χ2v) is 6.07. The zero-order chi connectivity index (χ0) is 17.1. The van der Waals surface area contributed by atoms with E-state index in [1.54, 1.807) is 4.90 Å². The number of unbranched alkanes of at least 4 members (excludes halogenated alkanes) is 6. The lowest BCUT2D eigenvalue weighted by Gasteiger charge is -2.22. The van der Waals surface area contributed by atoms with E-state index in [1.807, 2.05) is 0 Å². The molecule has 2 nitrogen and oxygen atoms in total. The Morgan fingerprint density at radius 1 is 1.09 bits per heavy atom. The number of amides is 1. The highest BCUT2D eigenvalue weighted by Gasteiger charge is 2.15. The van der Waals surface area contributed by atoms with Crippen molar-refractivity contribution in [2.75, 3.05) is 12.4 Å². The Bertz CT molecular complexity index is 482. The zero-order valence-electron chi connectivity index (χ0n) is 13.8. The molecule has 0 saturated carbocycles. The lowest BCUT2D eigenvalue weighted by atomic mass is 10.1. The third kappa shape index (κ3) is 7.78. The average Bonchev–Trinajstić information content (AvgIpc) is 2.54. The molecule has 5 heteroatoms. The largest absolute Gasteiger partial charge is 0.337 e. The molecule has 1 aromatic rings. The van der Waals surface area contributed by atoms with E-state index >= 15 is 0 Å². The first-order valence-electron chi connectivity index (χ1n) is 8.36. The van der Waals surface area contributed by atoms with Crippen LogP contribution < -0.4 is 0 Å². The molecule has 0 aromatic heterocycles. The molecule has 1 amide bonds. The van der Waals surface area contributed by atoms with E-state index in [0.29, 0.717) is 12.1 Å². The number of rotatable bonds is 11. The molecule has 0 N–H and O–H groups in total. The molecule has 130 valence electrons. The average molecular weight is 346 g/mol. The first-order chi connectivity index (χ1) is 11.1. The maximum Gasteiger partial charge on any atom is 0.237 e. The number of halogens is 3. The van der Waals surface area contributed by atoms with Gasteiger partial charge in [-0.3, -0.25) is 4.79 Å². The molecule has 0 bridgehead atoms. The zero-order valence-corrected chi connectivity index (χ0v) is 14.5. The fourth-order valence-corrected chi connectivity index (χ4v) is 2.66. The van der Waals surface area contributed by atoms with E-state index in [2.05, 4.69) is 6.92 Å². The SMILES string of the molecule is CCCCCCCCCN(Cc1ccc(F)cc1F)C(=O)CCl. The van der Waals surface area contributed by atoms with E-state index in [-0.39, 0.29) is 18.3 Å². The Balaban J connectivity index is 2.45. The van der Waals surface area contributed by atoms with Crippen molar-refractivity contribution in [3.63, 3.8) is 0 Å². The van der Waals surface area contributed by atoms with Crippen molar-refractivity contribution < 1.29 is 13.6 Å². The molecule has 0 aliphatic heterocycles. The van der Waals surface area contributed by atoms with Crippen molar-refractivity contribution in [1.29, 1.82) is 0 Å². The number of benzene rings is 1. The van der Waals surface area contributed by atoms with Crippen LogP contribution in [0.4, 0.5) is 8.78 Å². The minimum atomic E-state index is -0.628. The van der Waals surface area contributed by atoms with E-state index < -0.39 is 11.6 Å². The predicted molar refractivity (Wildman–Crippen MR) is 90.5 cm³/mol. The normalized spacial score (nSPS) is 10.8. The molecule has 0 unspecified atom stereocenters. The Morgan fingerprint density at radius 3 is 2.35 bits per heavy atom. The fourth-order valence-electron chi connectivity index (χ4n) is 2.49. The van der Waals surface area contributed by atoms with E-state index in [4.69, 9.17) is 11.6 Å². The molecule has 1 rings (SSSR count). The Hall–Kier alpha value is -1.16. The van der Waals surface area contributed by atoms with Crippen molar-refractivity contribution in [2.24, 2.45) is 0 Å². The molecule has 0 radical (unpaired) electrons. The quantitative estimate of drug-likeness (QED) is 0.394. The standard InChI is InChI=1S/C18H26ClF2NO/c1-2-3-4-5-6-7-8-11-22(18(23)13-19)14-15-9-10-16(20)12-17(15)21/h9-10,12H,2-8,11,13-14H2,1H3. The molecular weight excluding hydrogens is 320 g/mol. The van der Waals surface area contributed by atoms with E-state index in [0.717, 1.165) is 25.3 Å². The van der Waals surface area contributed by atoms with Gasteiger partial charge in [0, 0.05) is 24.7 Å². The smallest absolute Gasteiger partial charge is 0.237 e. The van der Waals surface area contributed by atoms with E-state index in [9.17, 15) is 13.6 Å². The summed E-state index contributed by atoms with van der Waals surface area (Å²) >= 11 is 5.63. The molecule has 0 heterocycles. The maximum atomic E-state index is 13.7.